The van der Waals surface area contributed by atoms with Gasteiger partial charge >= 0.3 is 5.97 Å². The molecule has 0 unspecified atom stereocenters. The maximum Gasteiger partial charge on any atom is 0.305 e. The minimum Gasteiger partial charge on any atom is -0.469 e. The average Bonchev–Trinajstić information content (AvgIpc) is 2.60. The summed E-state index contributed by atoms with van der Waals surface area (Å²) < 4.78 is 4.60. The van der Waals surface area contributed by atoms with E-state index in [0.717, 1.165) is 24.7 Å². The summed E-state index contributed by atoms with van der Waals surface area (Å²) in [5.74, 6) is 0.642. The van der Waals surface area contributed by atoms with Crippen molar-refractivity contribution in [2.75, 3.05) is 37.0 Å². The van der Waals surface area contributed by atoms with Gasteiger partial charge in [-0.1, -0.05) is 6.92 Å². The van der Waals surface area contributed by atoms with Crippen LogP contribution in [0.4, 0.5) is 11.4 Å². The summed E-state index contributed by atoms with van der Waals surface area (Å²) >= 11 is 5.27. The first-order chi connectivity index (χ1) is 11.6. The number of thiocarbonyl (C=S) groups is 1. The third-order valence-corrected chi connectivity index (χ3v) is 4.59. The lowest BCUT2D eigenvalue weighted by Gasteiger charge is -2.32. The Balaban J connectivity index is 1.73. The lowest BCUT2D eigenvalue weighted by Crippen LogP contribution is -2.32. The van der Waals surface area contributed by atoms with Crippen molar-refractivity contribution >= 4 is 34.7 Å². The molecule has 0 aromatic heterocycles. The number of esters is 1. The zero-order valence-electron chi connectivity index (χ0n) is 14.5. The first-order valence-electron chi connectivity index (χ1n) is 8.55. The molecule has 5 nitrogen and oxygen atoms in total. The van der Waals surface area contributed by atoms with Gasteiger partial charge in [0.15, 0.2) is 5.11 Å². The molecular formula is C18H27N3O2S. The Labute approximate surface area is 149 Å². The van der Waals surface area contributed by atoms with Gasteiger partial charge in [-0.25, -0.2) is 0 Å². The van der Waals surface area contributed by atoms with Gasteiger partial charge in [-0.15, -0.1) is 0 Å². The smallest absolute Gasteiger partial charge is 0.305 e. The van der Waals surface area contributed by atoms with Gasteiger partial charge in [-0.3, -0.25) is 4.79 Å². The van der Waals surface area contributed by atoms with E-state index in [0.29, 0.717) is 24.5 Å². The quantitative estimate of drug-likeness (QED) is 0.467. The maximum absolute atomic E-state index is 11.0. The molecule has 2 N–H and O–H groups in total. The second-order valence-electron chi connectivity index (χ2n) is 6.28. The molecule has 0 radical (unpaired) electrons. The van der Waals surface area contributed by atoms with Gasteiger partial charge in [-0.05, 0) is 61.7 Å². The van der Waals surface area contributed by atoms with Crippen molar-refractivity contribution in [3.8, 4) is 0 Å². The van der Waals surface area contributed by atoms with Crippen molar-refractivity contribution in [3.05, 3.63) is 24.3 Å². The topological polar surface area (TPSA) is 53.6 Å². The normalized spacial score (nSPS) is 15.0. The molecule has 1 heterocycles. The van der Waals surface area contributed by atoms with Crippen molar-refractivity contribution < 1.29 is 9.53 Å². The van der Waals surface area contributed by atoms with E-state index in [1.54, 1.807) is 0 Å². The number of benzene rings is 1. The van der Waals surface area contributed by atoms with Crippen molar-refractivity contribution in [2.45, 2.75) is 32.6 Å². The van der Waals surface area contributed by atoms with Crippen LogP contribution in [-0.2, 0) is 9.53 Å². The second-order valence-corrected chi connectivity index (χ2v) is 6.69. The van der Waals surface area contributed by atoms with Gasteiger partial charge in [0.05, 0.1) is 7.11 Å². The highest BCUT2D eigenvalue weighted by atomic mass is 32.1. The number of nitrogens with one attached hydrogen (secondary N) is 2. The molecule has 24 heavy (non-hydrogen) atoms. The molecule has 1 aromatic rings. The van der Waals surface area contributed by atoms with Crippen LogP contribution in [0, 0.1) is 5.92 Å². The van der Waals surface area contributed by atoms with Gasteiger partial charge < -0.3 is 20.3 Å². The Bertz CT molecular complexity index is 540. The number of carbonyl (C=O) groups excluding carboxylic acids is 1. The number of rotatable bonds is 6. The molecule has 0 amide bonds. The van der Waals surface area contributed by atoms with E-state index in [-0.39, 0.29) is 5.97 Å². The summed E-state index contributed by atoms with van der Waals surface area (Å²) in [5, 5.41) is 6.83. The number of nitrogens with zero attached hydrogens (tertiary/aromatic N) is 1. The fourth-order valence-electron chi connectivity index (χ4n) is 2.73. The third-order valence-electron chi connectivity index (χ3n) is 4.34. The molecule has 0 atom stereocenters. The zero-order chi connectivity index (χ0) is 17.4. The lowest BCUT2D eigenvalue weighted by molar-refractivity contribution is -0.140. The maximum atomic E-state index is 11.0. The van der Waals surface area contributed by atoms with Crippen LogP contribution in [0.1, 0.15) is 32.6 Å². The standard InChI is InChI=1S/C18H27N3O2S/c1-14-9-12-21(13-10-14)16-7-5-15(6-8-16)20-18(24)19-11-3-4-17(22)23-2/h5-8,14H,3-4,9-13H2,1-2H3,(H2,19,20,24). The minimum atomic E-state index is -0.196. The highest BCUT2D eigenvalue weighted by Gasteiger charge is 2.15. The average molecular weight is 350 g/mol. The van der Waals surface area contributed by atoms with E-state index in [1.165, 1.54) is 25.6 Å². The predicted octanol–water partition coefficient (Wildman–Crippen LogP) is 3.16. The third kappa shape index (κ3) is 6.00. The Morgan fingerprint density at radius 3 is 2.58 bits per heavy atom. The van der Waals surface area contributed by atoms with Crippen molar-refractivity contribution in [3.63, 3.8) is 0 Å². The van der Waals surface area contributed by atoms with Crippen LogP contribution in [0.5, 0.6) is 0 Å². The number of anilines is 2. The Hall–Kier alpha value is -1.82. The van der Waals surface area contributed by atoms with Crippen molar-refractivity contribution in [1.29, 1.82) is 0 Å². The molecule has 2 rings (SSSR count). The number of piperidine rings is 1. The fraction of sp³-hybridized carbons (Fsp3) is 0.556. The number of methoxy groups -OCH3 is 1. The van der Waals surface area contributed by atoms with Crippen LogP contribution in [0.25, 0.3) is 0 Å². The molecule has 1 saturated heterocycles. The van der Waals surface area contributed by atoms with Crippen LogP contribution in [-0.4, -0.2) is 37.8 Å². The fourth-order valence-corrected chi connectivity index (χ4v) is 2.95. The predicted molar refractivity (Wildman–Crippen MR) is 103 cm³/mol. The van der Waals surface area contributed by atoms with Crippen molar-refractivity contribution in [2.24, 2.45) is 5.92 Å². The van der Waals surface area contributed by atoms with Crippen LogP contribution in [0.2, 0.25) is 0 Å². The highest BCUT2D eigenvalue weighted by Crippen LogP contribution is 2.24. The monoisotopic (exact) mass is 349 g/mol. The van der Waals surface area contributed by atoms with E-state index >= 15 is 0 Å². The first-order valence-corrected chi connectivity index (χ1v) is 8.96. The molecule has 0 bridgehead atoms. The van der Waals surface area contributed by atoms with E-state index in [9.17, 15) is 4.79 Å². The SMILES string of the molecule is COC(=O)CCCNC(=S)Nc1ccc(N2CCC(C)CC2)cc1. The van der Waals surface area contributed by atoms with Gasteiger partial charge in [0, 0.05) is 37.4 Å². The highest BCUT2D eigenvalue weighted by molar-refractivity contribution is 7.80. The van der Waals surface area contributed by atoms with Crippen LogP contribution < -0.4 is 15.5 Å². The molecule has 1 fully saturated rings. The molecular weight excluding hydrogens is 322 g/mol. The molecule has 0 aliphatic carbocycles. The van der Waals surface area contributed by atoms with Gasteiger partial charge in [-0.2, -0.15) is 0 Å². The first kappa shape index (κ1) is 18.5. The molecule has 1 aromatic carbocycles. The number of hydrogen-bond acceptors (Lipinski definition) is 4. The number of hydrogen-bond donors (Lipinski definition) is 2. The number of carbonyl (C=O) groups is 1. The molecule has 0 spiro atoms. The Morgan fingerprint density at radius 1 is 1.29 bits per heavy atom. The molecule has 1 aliphatic heterocycles. The van der Waals surface area contributed by atoms with Crippen LogP contribution in [0.3, 0.4) is 0 Å². The summed E-state index contributed by atoms with van der Waals surface area (Å²) in [6, 6.07) is 8.38. The molecule has 6 heteroatoms. The molecule has 1 aliphatic rings. The summed E-state index contributed by atoms with van der Waals surface area (Å²) in [6.07, 6.45) is 3.62. The van der Waals surface area contributed by atoms with Crippen LogP contribution in [0.15, 0.2) is 24.3 Å². The lowest BCUT2D eigenvalue weighted by atomic mass is 9.99. The van der Waals surface area contributed by atoms with E-state index in [1.807, 2.05) is 0 Å². The second kappa shape index (κ2) is 9.47. The van der Waals surface area contributed by atoms with Crippen LogP contribution >= 0.6 is 12.2 Å². The summed E-state index contributed by atoms with van der Waals surface area (Å²) in [7, 11) is 1.40. The molecule has 0 saturated carbocycles. The van der Waals surface area contributed by atoms with Gasteiger partial charge in [0.2, 0.25) is 0 Å². The Kier molecular flexibility index (Phi) is 7.31. The minimum absolute atomic E-state index is 0.196. The zero-order valence-corrected chi connectivity index (χ0v) is 15.3. The Morgan fingerprint density at radius 2 is 1.96 bits per heavy atom. The van der Waals surface area contributed by atoms with Gasteiger partial charge in [0.25, 0.3) is 0 Å². The summed E-state index contributed by atoms with van der Waals surface area (Å²) in [6.45, 7) is 5.23. The van der Waals surface area contributed by atoms with Gasteiger partial charge in [0.1, 0.15) is 0 Å². The van der Waals surface area contributed by atoms with E-state index in [2.05, 4.69) is 51.5 Å². The largest absolute Gasteiger partial charge is 0.469 e. The van der Waals surface area contributed by atoms with Crippen molar-refractivity contribution in [1.82, 2.24) is 5.32 Å². The summed E-state index contributed by atoms with van der Waals surface area (Å²) in [4.78, 5) is 13.5. The summed E-state index contributed by atoms with van der Waals surface area (Å²) in [5.41, 5.74) is 2.24. The van der Waals surface area contributed by atoms with E-state index in [4.69, 9.17) is 12.2 Å². The van der Waals surface area contributed by atoms with E-state index < -0.39 is 0 Å². The molecule has 132 valence electrons. The number of ether oxygens (including phenoxy) is 1.